The van der Waals surface area contributed by atoms with Crippen molar-refractivity contribution in [3.8, 4) is 5.75 Å². The zero-order valence-electron chi connectivity index (χ0n) is 14.0. The van der Waals surface area contributed by atoms with E-state index >= 15 is 0 Å². The van der Waals surface area contributed by atoms with Crippen molar-refractivity contribution in [1.29, 1.82) is 0 Å². The number of nitrogens with zero attached hydrogens (tertiary/aromatic N) is 2. The standard InChI is InChI=1S/C19H21N3O3/c23-18(13-4-2-1-3-5-13)20-15-8-10-16(11-9-15)24-12-17-21-19(25-22-17)14-6-7-14/h1-2,8-11,13-14H,3-7,12H2,(H,20,23)/t13-/m0/s1. The fourth-order valence-corrected chi connectivity index (χ4v) is 2.88. The molecule has 25 heavy (non-hydrogen) atoms. The van der Waals surface area contributed by atoms with Gasteiger partial charge in [0.1, 0.15) is 5.75 Å². The Morgan fingerprint density at radius 2 is 2.04 bits per heavy atom. The molecule has 0 spiro atoms. The lowest BCUT2D eigenvalue weighted by Crippen LogP contribution is -2.23. The summed E-state index contributed by atoms with van der Waals surface area (Å²) < 4.78 is 10.9. The zero-order valence-corrected chi connectivity index (χ0v) is 14.0. The molecule has 1 heterocycles. The van der Waals surface area contributed by atoms with Gasteiger partial charge in [0, 0.05) is 17.5 Å². The van der Waals surface area contributed by atoms with Crippen LogP contribution in [0.4, 0.5) is 5.69 Å². The minimum absolute atomic E-state index is 0.0693. The van der Waals surface area contributed by atoms with Gasteiger partial charge in [0.25, 0.3) is 0 Å². The van der Waals surface area contributed by atoms with Crippen molar-refractivity contribution in [3.05, 3.63) is 48.1 Å². The predicted molar refractivity (Wildman–Crippen MR) is 92.2 cm³/mol. The molecule has 4 rings (SSSR count). The minimum Gasteiger partial charge on any atom is -0.485 e. The second kappa shape index (κ2) is 7.09. The fraction of sp³-hybridized carbons (Fsp3) is 0.421. The number of nitrogens with one attached hydrogen (secondary N) is 1. The van der Waals surface area contributed by atoms with Crippen molar-refractivity contribution in [1.82, 2.24) is 10.1 Å². The second-order valence-electron chi connectivity index (χ2n) is 6.61. The van der Waals surface area contributed by atoms with Gasteiger partial charge in [-0.1, -0.05) is 17.3 Å². The number of aromatic nitrogens is 2. The van der Waals surface area contributed by atoms with Crippen LogP contribution >= 0.6 is 0 Å². The number of hydrogen-bond acceptors (Lipinski definition) is 5. The van der Waals surface area contributed by atoms with Gasteiger partial charge in [-0.3, -0.25) is 4.79 Å². The Bertz CT molecular complexity index is 762. The van der Waals surface area contributed by atoms with E-state index < -0.39 is 0 Å². The molecule has 0 radical (unpaired) electrons. The lowest BCUT2D eigenvalue weighted by atomic mass is 9.93. The average Bonchev–Trinajstić information content (AvgIpc) is 3.40. The number of anilines is 1. The number of amides is 1. The Kier molecular flexibility index (Phi) is 4.50. The summed E-state index contributed by atoms with van der Waals surface area (Å²) in [5, 5.41) is 6.89. The van der Waals surface area contributed by atoms with Crippen LogP contribution in [0.1, 0.15) is 49.7 Å². The molecule has 0 aliphatic heterocycles. The van der Waals surface area contributed by atoms with E-state index in [0.29, 0.717) is 23.4 Å². The average molecular weight is 339 g/mol. The number of hydrogen-bond donors (Lipinski definition) is 1. The van der Waals surface area contributed by atoms with Crippen molar-refractivity contribution in [2.24, 2.45) is 5.92 Å². The highest BCUT2D eigenvalue weighted by molar-refractivity contribution is 5.92. The molecule has 6 nitrogen and oxygen atoms in total. The van der Waals surface area contributed by atoms with Crippen LogP contribution in [0.2, 0.25) is 0 Å². The molecule has 1 amide bonds. The lowest BCUT2D eigenvalue weighted by Gasteiger charge is -2.17. The zero-order chi connectivity index (χ0) is 17.1. The summed E-state index contributed by atoms with van der Waals surface area (Å²) in [6.07, 6.45) is 9.19. The normalized spacial score (nSPS) is 19.6. The first-order valence-electron chi connectivity index (χ1n) is 8.79. The van der Waals surface area contributed by atoms with Crippen LogP contribution in [0, 0.1) is 5.92 Å². The Hall–Kier alpha value is -2.63. The van der Waals surface area contributed by atoms with Crippen LogP contribution in [0.15, 0.2) is 40.9 Å². The Morgan fingerprint density at radius 3 is 2.76 bits per heavy atom. The van der Waals surface area contributed by atoms with Crippen molar-refractivity contribution in [2.75, 3.05) is 5.32 Å². The molecule has 0 unspecified atom stereocenters. The van der Waals surface area contributed by atoms with E-state index in [-0.39, 0.29) is 18.4 Å². The summed E-state index contributed by atoms with van der Waals surface area (Å²) in [7, 11) is 0. The van der Waals surface area contributed by atoms with Gasteiger partial charge in [-0.05, 0) is 56.4 Å². The van der Waals surface area contributed by atoms with Crippen molar-refractivity contribution in [2.45, 2.75) is 44.6 Å². The lowest BCUT2D eigenvalue weighted by molar-refractivity contribution is -0.120. The van der Waals surface area contributed by atoms with Crippen LogP contribution < -0.4 is 10.1 Å². The van der Waals surface area contributed by atoms with Crippen LogP contribution in [-0.4, -0.2) is 16.0 Å². The Labute approximate surface area is 146 Å². The maximum absolute atomic E-state index is 12.2. The topological polar surface area (TPSA) is 77.2 Å². The molecule has 1 aromatic heterocycles. The molecular formula is C19H21N3O3. The molecule has 1 atom stereocenters. The molecular weight excluding hydrogens is 318 g/mol. The third kappa shape index (κ3) is 4.07. The highest BCUT2D eigenvalue weighted by Gasteiger charge is 2.29. The molecule has 1 aromatic carbocycles. The van der Waals surface area contributed by atoms with Crippen LogP contribution in [0.25, 0.3) is 0 Å². The smallest absolute Gasteiger partial charge is 0.229 e. The largest absolute Gasteiger partial charge is 0.485 e. The van der Waals surface area contributed by atoms with E-state index in [1.54, 1.807) is 0 Å². The predicted octanol–water partition coefficient (Wildman–Crippen LogP) is 3.82. The summed E-state index contributed by atoms with van der Waals surface area (Å²) in [6.45, 7) is 0.274. The van der Waals surface area contributed by atoms with Gasteiger partial charge >= 0.3 is 0 Å². The second-order valence-corrected chi connectivity index (χ2v) is 6.61. The quantitative estimate of drug-likeness (QED) is 0.810. The monoisotopic (exact) mass is 339 g/mol. The molecule has 130 valence electrons. The molecule has 1 saturated carbocycles. The van der Waals surface area contributed by atoms with Gasteiger partial charge in [0.05, 0.1) is 0 Å². The van der Waals surface area contributed by atoms with Gasteiger partial charge in [-0.15, -0.1) is 0 Å². The van der Waals surface area contributed by atoms with Gasteiger partial charge in [0.2, 0.25) is 17.6 Å². The van der Waals surface area contributed by atoms with Gasteiger partial charge < -0.3 is 14.6 Å². The highest BCUT2D eigenvalue weighted by Crippen LogP contribution is 2.38. The summed E-state index contributed by atoms with van der Waals surface area (Å²) in [6, 6.07) is 7.35. The maximum Gasteiger partial charge on any atom is 0.229 e. The maximum atomic E-state index is 12.2. The van der Waals surface area contributed by atoms with Crippen molar-refractivity contribution < 1.29 is 14.1 Å². The molecule has 2 aliphatic rings. The first-order chi connectivity index (χ1) is 12.3. The van der Waals surface area contributed by atoms with Gasteiger partial charge in [-0.25, -0.2) is 0 Å². The number of ether oxygens (including phenoxy) is 1. The molecule has 2 aromatic rings. The molecule has 1 fully saturated rings. The van der Waals surface area contributed by atoms with E-state index in [4.69, 9.17) is 9.26 Å². The number of benzene rings is 1. The fourth-order valence-electron chi connectivity index (χ4n) is 2.88. The molecule has 2 aliphatic carbocycles. The number of allylic oxidation sites excluding steroid dienone is 2. The van der Waals surface area contributed by atoms with Crippen LogP contribution in [0.5, 0.6) is 5.75 Å². The summed E-state index contributed by atoms with van der Waals surface area (Å²) >= 11 is 0. The number of carbonyl (C=O) groups is 1. The summed E-state index contributed by atoms with van der Waals surface area (Å²) in [5.41, 5.74) is 0.780. The summed E-state index contributed by atoms with van der Waals surface area (Å²) in [4.78, 5) is 16.6. The first-order valence-corrected chi connectivity index (χ1v) is 8.79. The van der Waals surface area contributed by atoms with Gasteiger partial charge in [-0.2, -0.15) is 4.98 Å². The van der Waals surface area contributed by atoms with E-state index in [0.717, 1.165) is 37.8 Å². The Balaban J connectivity index is 1.28. The van der Waals surface area contributed by atoms with Crippen LogP contribution in [-0.2, 0) is 11.4 Å². The number of rotatable bonds is 6. The minimum atomic E-state index is 0.0693. The van der Waals surface area contributed by atoms with Crippen molar-refractivity contribution >= 4 is 11.6 Å². The van der Waals surface area contributed by atoms with E-state index in [2.05, 4.69) is 27.6 Å². The van der Waals surface area contributed by atoms with E-state index in [1.165, 1.54) is 0 Å². The molecule has 0 saturated heterocycles. The highest BCUT2D eigenvalue weighted by atomic mass is 16.5. The van der Waals surface area contributed by atoms with Crippen molar-refractivity contribution in [3.63, 3.8) is 0 Å². The first kappa shape index (κ1) is 15.9. The van der Waals surface area contributed by atoms with E-state index in [1.807, 2.05) is 24.3 Å². The van der Waals surface area contributed by atoms with Gasteiger partial charge in [0.15, 0.2) is 6.61 Å². The van der Waals surface area contributed by atoms with E-state index in [9.17, 15) is 4.79 Å². The molecule has 0 bridgehead atoms. The summed E-state index contributed by atoms with van der Waals surface area (Å²) in [5.74, 6) is 2.58. The third-order valence-electron chi connectivity index (χ3n) is 4.54. The molecule has 6 heteroatoms. The SMILES string of the molecule is O=C(Nc1ccc(OCc2noc(C3CC3)n2)cc1)[C@H]1CC=CCC1. The number of carbonyl (C=O) groups excluding carboxylic acids is 1. The van der Waals surface area contributed by atoms with Crippen LogP contribution in [0.3, 0.4) is 0 Å². The third-order valence-corrected chi connectivity index (χ3v) is 4.54. The Morgan fingerprint density at radius 1 is 1.20 bits per heavy atom. The molecule has 1 N–H and O–H groups in total.